The summed E-state index contributed by atoms with van der Waals surface area (Å²) in [7, 11) is 0. The molecule has 1 fully saturated rings. The molecule has 1 aliphatic heterocycles. The van der Waals surface area contributed by atoms with Gasteiger partial charge in [-0.05, 0) is 42.0 Å². The molecular formula is C17H26N2O. The van der Waals surface area contributed by atoms with E-state index in [0.29, 0.717) is 5.92 Å². The number of benzene rings is 1. The van der Waals surface area contributed by atoms with Crippen LogP contribution in [-0.2, 0) is 5.41 Å². The summed E-state index contributed by atoms with van der Waals surface area (Å²) in [5.41, 5.74) is 2.12. The molecule has 1 aliphatic rings. The molecule has 1 heterocycles. The van der Waals surface area contributed by atoms with Crippen LogP contribution in [0.5, 0.6) is 0 Å². The third-order valence-electron chi connectivity index (χ3n) is 4.16. The van der Waals surface area contributed by atoms with E-state index >= 15 is 0 Å². The molecule has 1 saturated heterocycles. The largest absolute Gasteiger partial charge is 0.348 e. The van der Waals surface area contributed by atoms with Crippen molar-refractivity contribution in [2.24, 2.45) is 5.92 Å². The lowest BCUT2D eigenvalue weighted by atomic mass is 9.86. The Morgan fingerprint density at radius 1 is 1.25 bits per heavy atom. The Labute approximate surface area is 122 Å². The van der Waals surface area contributed by atoms with Gasteiger partial charge in [0.05, 0.1) is 0 Å². The summed E-state index contributed by atoms with van der Waals surface area (Å²) in [6.07, 6.45) is 1.12. The lowest BCUT2D eigenvalue weighted by molar-refractivity contribution is 0.0915. The first-order valence-corrected chi connectivity index (χ1v) is 7.50. The molecule has 1 amide bonds. The average molecular weight is 274 g/mol. The van der Waals surface area contributed by atoms with Gasteiger partial charge in [-0.25, -0.2) is 0 Å². The lowest BCUT2D eigenvalue weighted by Gasteiger charge is -2.30. The average Bonchev–Trinajstić information content (AvgIpc) is 2.40. The van der Waals surface area contributed by atoms with E-state index in [0.717, 1.165) is 25.1 Å². The molecule has 20 heavy (non-hydrogen) atoms. The van der Waals surface area contributed by atoms with Crippen molar-refractivity contribution in [3.8, 4) is 0 Å². The third-order valence-corrected chi connectivity index (χ3v) is 4.16. The number of piperidine rings is 1. The van der Waals surface area contributed by atoms with Gasteiger partial charge >= 0.3 is 0 Å². The maximum absolute atomic E-state index is 12.3. The first-order valence-electron chi connectivity index (χ1n) is 7.50. The Morgan fingerprint density at radius 2 is 1.90 bits per heavy atom. The number of hydrogen-bond acceptors (Lipinski definition) is 2. The highest BCUT2D eigenvalue weighted by molar-refractivity contribution is 5.94. The predicted molar refractivity (Wildman–Crippen MR) is 83.0 cm³/mol. The van der Waals surface area contributed by atoms with Gasteiger partial charge in [0.2, 0.25) is 0 Å². The van der Waals surface area contributed by atoms with E-state index in [4.69, 9.17) is 0 Å². The van der Waals surface area contributed by atoms with Crippen LogP contribution in [0.4, 0.5) is 0 Å². The van der Waals surface area contributed by atoms with Crippen LogP contribution < -0.4 is 10.6 Å². The highest BCUT2D eigenvalue weighted by Crippen LogP contribution is 2.22. The number of nitrogens with one attached hydrogen (secondary N) is 2. The fraction of sp³-hybridized carbons (Fsp3) is 0.588. The first-order chi connectivity index (χ1) is 9.38. The van der Waals surface area contributed by atoms with Crippen LogP contribution in [-0.4, -0.2) is 25.0 Å². The molecule has 0 saturated carbocycles. The van der Waals surface area contributed by atoms with Crippen molar-refractivity contribution in [2.75, 3.05) is 13.1 Å². The molecule has 0 radical (unpaired) electrons. The number of carbonyl (C=O) groups excluding carboxylic acids is 1. The Hall–Kier alpha value is -1.35. The van der Waals surface area contributed by atoms with Crippen molar-refractivity contribution in [3.63, 3.8) is 0 Å². The maximum Gasteiger partial charge on any atom is 0.251 e. The van der Waals surface area contributed by atoms with Crippen LogP contribution in [0, 0.1) is 5.92 Å². The van der Waals surface area contributed by atoms with Gasteiger partial charge in [0, 0.05) is 18.2 Å². The topological polar surface area (TPSA) is 41.1 Å². The monoisotopic (exact) mass is 274 g/mol. The normalized spacial score (nSPS) is 23.4. The summed E-state index contributed by atoms with van der Waals surface area (Å²) >= 11 is 0. The summed E-state index contributed by atoms with van der Waals surface area (Å²) in [5, 5.41) is 6.48. The molecule has 3 heteroatoms. The molecule has 2 N–H and O–H groups in total. The highest BCUT2D eigenvalue weighted by atomic mass is 16.1. The Morgan fingerprint density at radius 3 is 2.45 bits per heavy atom. The molecular weight excluding hydrogens is 248 g/mol. The lowest BCUT2D eigenvalue weighted by Crippen LogP contribution is -2.50. The van der Waals surface area contributed by atoms with Crippen LogP contribution in [0.1, 0.15) is 50.0 Å². The van der Waals surface area contributed by atoms with Gasteiger partial charge in [-0.1, -0.05) is 39.8 Å². The van der Waals surface area contributed by atoms with Crippen molar-refractivity contribution >= 4 is 5.91 Å². The molecule has 2 rings (SSSR count). The van der Waals surface area contributed by atoms with Crippen molar-refractivity contribution in [3.05, 3.63) is 35.4 Å². The second kappa shape index (κ2) is 5.96. The predicted octanol–water partition coefficient (Wildman–Crippen LogP) is 2.71. The Balaban J connectivity index is 2.02. The maximum atomic E-state index is 12.3. The number of rotatable bonds is 2. The van der Waals surface area contributed by atoms with Gasteiger partial charge in [0.25, 0.3) is 5.91 Å². The fourth-order valence-corrected chi connectivity index (χ4v) is 2.56. The van der Waals surface area contributed by atoms with Gasteiger partial charge in [-0.2, -0.15) is 0 Å². The number of hydrogen-bond donors (Lipinski definition) is 2. The zero-order chi connectivity index (χ0) is 14.8. The smallest absolute Gasteiger partial charge is 0.251 e. The molecule has 0 aliphatic carbocycles. The van der Waals surface area contributed by atoms with Crippen molar-refractivity contribution in [1.82, 2.24) is 10.6 Å². The van der Waals surface area contributed by atoms with Gasteiger partial charge in [-0.3, -0.25) is 4.79 Å². The molecule has 110 valence electrons. The summed E-state index contributed by atoms with van der Waals surface area (Å²) in [6.45, 7) is 10.7. The molecule has 1 aromatic rings. The van der Waals surface area contributed by atoms with Gasteiger partial charge < -0.3 is 10.6 Å². The molecule has 0 aromatic heterocycles. The van der Waals surface area contributed by atoms with Crippen LogP contribution >= 0.6 is 0 Å². The summed E-state index contributed by atoms with van der Waals surface area (Å²) in [6, 6.07) is 8.20. The summed E-state index contributed by atoms with van der Waals surface area (Å²) in [5.74, 6) is 0.569. The second-order valence-electron chi connectivity index (χ2n) is 6.88. The van der Waals surface area contributed by atoms with Crippen molar-refractivity contribution in [2.45, 2.75) is 45.6 Å². The zero-order valence-electron chi connectivity index (χ0n) is 13.0. The number of amides is 1. The van der Waals surface area contributed by atoms with Crippen LogP contribution in [0.2, 0.25) is 0 Å². The van der Waals surface area contributed by atoms with Gasteiger partial charge in [-0.15, -0.1) is 0 Å². The quantitative estimate of drug-likeness (QED) is 0.870. The highest BCUT2D eigenvalue weighted by Gasteiger charge is 2.23. The van der Waals surface area contributed by atoms with Gasteiger partial charge in [0.15, 0.2) is 0 Å². The SMILES string of the molecule is CC1CCNCC1NC(=O)c1ccc(C(C)(C)C)cc1. The molecule has 1 aromatic carbocycles. The van der Waals surface area contributed by atoms with Crippen LogP contribution in [0.15, 0.2) is 24.3 Å². The zero-order valence-corrected chi connectivity index (χ0v) is 13.0. The fourth-order valence-electron chi connectivity index (χ4n) is 2.56. The molecule has 2 unspecified atom stereocenters. The Kier molecular flexibility index (Phi) is 4.48. The van der Waals surface area contributed by atoms with Crippen molar-refractivity contribution in [1.29, 1.82) is 0 Å². The van der Waals surface area contributed by atoms with E-state index < -0.39 is 0 Å². The molecule has 3 nitrogen and oxygen atoms in total. The third kappa shape index (κ3) is 3.60. The minimum atomic E-state index is 0.0333. The first kappa shape index (κ1) is 15.0. The van der Waals surface area contributed by atoms with Crippen LogP contribution in [0.3, 0.4) is 0 Å². The van der Waals surface area contributed by atoms with E-state index in [1.165, 1.54) is 5.56 Å². The van der Waals surface area contributed by atoms with Gasteiger partial charge in [0.1, 0.15) is 0 Å². The van der Waals surface area contributed by atoms with E-state index in [-0.39, 0.29) is 17.4 Å². The van der Waals surface area contributed by atoms with Crippen molar-refractivity contribution < 1.29 is 4.79 Å². The molecule has 0 spiro atoms. The Bertz CT molecular complexity index is 459. The molecule has 2 atom stereocenters. The van der Waals surface area contributed by atoms with E-state index in [1.807, 2.05) is 12.1 Å². The summed E-state index contributed by atoms with van der Waals surface area (Å²) < 4.78 is 0. The summed E-state index contributed by atoms with van der Waals surface area (Å²) in [4.78, 5) is 12.3. The second-order valence-corrected chi connectivity index (χ2v) is 6.88. The minimum absolute atomic E-state index is 0.0333. The molecule has 0 bridgehead atoms. The van der Waals surface area contributed by atoms with E-state index in [2.05, 4.69) is 50.5 Å². The minimum Gasteiger partial charge on any atom is -0.348 e. The van der Waals surface area contributed by atoms with E-state index in [1.54, 1.807) is 0 Å². The standard InChI is InChI=1S/C17H26N2O/c1-12-9-10-18-11-15(12)19-16(20)13-5-7-14(8-6-13)17(2,3)4/h5-8,12,15,18H,9-11H2,1-4H3,(H,19,20). The van der Waals surface area contributed by atoms with Crippen LogP contribution in [0.25, 0.3) is 0 Å². The number of carbonyl (C=O) groups is 1. The van der Waals surface area contributed by atoms with E-state index in [9.17, 15) is 4.79 Å².